The Morgan fingerprint density at radius 1 is 1.25 bits per heavy atom. The van der Waals surface area contributed by atoms with Gasteiger partial charge in [-0.05, 0) is 38.1 Å². The predicted octanol–water partition coefficient (Wildman–Crippen LogP) is 2.57. The van der Waals surface area contributed by atoms with E-state index in [4.69, 9.17) is 10.5 Å². The normalized spacial score (nSPS) is 10.3. The lowest BCUT2D eigenvalue weighted by Gasteiger charge is -2.19. The first-order valence-electron chi connectivity index (χ1n) is 7.48. The summed E-state index contributed by atoms with van der Waals surface area (Å²) in [4.78, 5) is 20.9. The fourth-order valence-electron chi connectivity index (χ4n) is 2.19. The number of nitrogens with one attached hydrogen (secondary N) is 1. The van der Waals surface area contributed by atoms with Gasteiger partial charge in [0.25, 0.3) is 0 Å². The van der Waals surface area contributed by atoms with Crippen molar-refractivity contribution >= 4 is 29.0 Å². The Hall–Kier alpha value is -3.10. The standard InChI is InChI=1S/C15H20N6O3/c1-4-20(5-2)15-18-13(16)12(21(22)23)14(19-15)17-10-6-8-11(24-3)9-7-10/h6-9H,4-5H2,1-3H3,(H3,16,17,18,19). The first-order chi connectivity index (χ1) is 11.5. The lowest BCUT2D eigenvalue weighted by molar-refractivity contribution is -0.383. The van der Waals surface area contributed by atoms with Crippen molar-refractivity contribution < 1.29 is 9.66 Å². The van der Waals surface area contributed by atoms with Crippen LogP contribution in [0, 0.1) is 10.1 Å². The maximum atomic E-state index is 11.3. The van der Waals surface area contributed by atoms with Gasteiger partial charge >= 0.3 is 5.69 Å². The van der Waals surface area contributed by atoms with Crippen molar-refractivity contribution in [3.05, 3.63) is 34.4 Å². The molecule has 2 aromatic rings. The van der Waals surface area contributed by atoms with Crippen LogP contribution in [0.15, 0.2) is 24.3 Å². The minimum Gasteiger partial charge on any atom is -0.497 e. The van der Waals surface area contributed by atoms with Crippen molar-refractivity contribution in [3.8, 4) is 5.75 Å². The van der Waals surface area contributed by atoms with E-state index in [0.29, 0.717) is 30.5 Å². The number of hydrogen-bond acceptors (Lipinski definition) is 8. The van der Waals surface area contributed by atoms with Crippen LogP contribution in [-0.4, -0.2) is 35.1 Å². The molecule has 0 spiro atoms. The van der Waals surface area contributed by atoms with E-state index in [-0.39, 0.29) is 17.3 Å². The predicted molar refractivity (Wildman–Crippen MR) is 92.9 cm³/mol. The largest absolute Gasteiger partial charge is 0.497 e. The minimum absolute atomic E-state index is 0.0552. The summed E-state index contributed by atoms with van der Waals surface area (Å²) in [6.07, 6.45) is 0. The van der Waals surface area contributed by atoms with Gasteiger partial charge in [0.15, 0.2) is 0 Å². The lowest BCUT2D eigenvalue weighted by Crippen LogP contribution is -2.25. The molecule has 1 heterocycles. The molecule has 2 rings (SSSR count). The molecule has 9 heteroatoms. The van der Waals surface area contributed by atoms with Crippen LogP contribution >= 0.6 is 0 Å². The zero-order valence-electron chi connectivity index (χ0n) is 13.8. The molecule has 24 heavy (non-hydrogen) atoms. The number of nitro groups is 1. The molecular weight excluding hydrogens is 312 g/mol. The van der Waals surface area contributed by atoms with Crippen LogP contribution in [0.2, 0.25) is 0 Å². The number of nitrogen functional groups attached to an aromatic ring is 1. The van der Waals surface area contributed by atoms with E-state index in [0.717, 1.165) is 0 Å². The number of nitrogens with two attached hydrogens (primary N) is 1. The summed E-state index contributed by atoms with van der Waals surface area (Å²) in [6, 6.07) is 6.95. The van der Waals surface area contributed by atoms with Gasteiger partial charge in [-0.2, -0.15) is 9.97 Å². The van der Waals surface area contributed by atoms with E-state index in [1.807, 2.05) is 18.7 Å². The van der Waals surface area contributed by atoms with Gasteiger partial charge in [0.2, 0.25) is 17.6 Å². The maximum Gasteiger partial charge on any atom is 0.353 e. The molecule has 0 aliphatic heterocycles. The lowest BCUT2D eigenvalue weighted by atomic mass is 10.3. The van der Waals surface area contributed by atoms with Gasteiger partial charge in [-0.25, -0.2) is 0 Å². The average molecular weight is 332 g/mol. The third kappa shape index (κ3) is 3.62. The quantitative estimate of drug-likeness (QED) is 0.586. The summed E-state index contributed by atoms with van der Waals surface area (Å²) in [5.41, 5.74) is 6.07. The van der Waals surface area contributed by atoms with Gasteiger partial charge < -0.3 is 20.7 Å². The molecule has 1 aromatic heterocycles. The molecule has 0 aliphatic carbocycles. The summed E-state index contributed by atoms with van der Waals surface area (Å²) in [5, 5.41) is 14.3. The van der Waals surface area contributed by atoms with Gasteiger partial charge in [0.1, 0.15) is 5.75 Å². The van der Waals surface area contributed by atoms with Gasteiger partial charge in [-0.3, -0.25) is 10.1 Å². The first kappa shape index (κ1) is 17.3. The minimum atomic E-state index is -0.590. The molecule has 1 aromatic carbocycles. The number of aromatic nitrogens is 2. The van der Waals surface area contributed by atoms with E-state index in [1.165, 1.54) is 0 Å². The molecule has 0 saturated heterocycles. The number of benzene rings is 1. The molecule has 0 radical (unpaired) electrons. The van der Waals surface area contributed by atoms with Crippen LogP contribution in [0.25, 0.3) is 0 Å². The summed E-state index contributed by atoms with van der Waals surface area (Å²) in [5.74, 6) is 0.910. The average Bonchev–Trinajstić information content (AvgIpc) is 2.56. The third-order valence-corrected chi connectivity index (χ3v) is 3.48. The highest BCUT2D eigenvalue weighted by atomic mass is 16.6. The Morgan fingerprint density at radius 2 is 1.88 bits per heavy atom. The van der Waals surface area contributed by atoms with Crippen LogP contribution < -0.4 is 20.7 Å². The van der Waals surface area contributed by atoms with Crippen molar-refractivity contribution in [2.45, 2.75) is 13.8 Å². The zero-order valence-corrected chi connectivity index (χ0v) is 13.8. The highest BCUT2D eigenvalue weighted by molar-refractivity contribution is 5.74. The fraction of sp³-hybridized carbons (Fsp3) is 0.333. The van der Waals surface area contributed by atoms with E-state index in [1.54, 1.807) is 31.4 Å². The molecule has 0 amide bonds. The van der Waals surface area contributed by atoms with E-state index < -0.39 is 4.92 Å². The molecular formula is C15H20N6O3. The van der Waals surface area contributed by atoms with Crippen LogP contribution in [0.4, 0.5) is 29.0 Å². The zero-order chi connectivity index (χ0) is 17.7. The van der Waals surface area contributed by atoms with Crippen molar-refractivity contribution in [3.63, 3.8) is 0 Å². The number of nitrogens with zero attached hydrogens (tertiary/aromatic N) is 4. The fourth-order valence-corrected chi connectivity index (χ4v) is 2.19. The Kier molecular flexibility index (Phi) is 5.35. The molecule has 0 bridgehead atoms. The number of rotatable bonds is 7. The second-order valence-corrected chi connectivity index (χ2v) is 4.89. The molecule has 0 saturated carbocycles. The van der Waals surface area contributed by atoms with E-state index in [9.17, 15) is 10.1 Å². The van der Waals surface area contributed by atoms with Crippen LogP contribution in [-0.2, 0) is 0 Å². The Bertz CT molecular complexity index is 716. The topological polar surface area (TPSA) is 119 Å². The van der Waals surface area contributed by atoms with Gasteiger partial charge in [0.05, 0.1) is 12.0 Å². The Labute approximate surface area is 139 Å². The van der Waals surface area contributed by atoms with Crippen LogP contribution in [0.5, 0.6) is 5.75 Å². The van der Waals surface area contributed by atoms with Crippen molar-refractivity contribution in [2.75, 3.05) is 36.1 Å². The molecule has 0 fully saturated rings. The summed E-state index contributed by atoms with van der Waals surface area (Å²) in [6.45, 7) is 5.22. The number of anilines is 4. The molecule has 128 valence electrons. The third-order valence-electron chi connectivity index (χ3n) is 3.48. The molecule has 3 N–H and O–H groups in total. The number of hydrogen-bond donors (Lipinski definition) is 2. The van der Waals surface area contributed by atoms with Crippen LogP contribution in [0.3, 0.4) is 0 Å². The van der Waals surface area contributed by atoms with Crippen molar-refractivity contribution in [1.29, 1.82) is 0 Å². The SMILES string of the molecule is CCN(CC)c1nc(N)c([N+](=O)[O-])c(Nc2ccc(OC)cc2)n1. The first-order valence-corrected chi connectivity index (χ1v) is 7.48. The maximum absolute atomic E-state index is 11.3. The Balaban J connectivity index is 2.45. The molecule has 0 aliphatic rings. The highest BCUT2D eigenvalue weighted by Crippen LogP contribution is 2.32. The number of methoxy groups -OCH3 is 1. The summed E-state index contributed by atoms with van der Waals surface area (Å²) >= 11 is 0. The highest BCUT2D eigenvalue weighted by Gasteiger charge is 2.24. The smallest absolute Gasteiger partial charge is 0.353 e. The molecule has 0 unspecified atom stereocenters. The second kappa shape index (κ2) is 7.44. The van der Waals surface area contributed by atoms with E-state index >= 15 is 0 Å². The van der Waals surface area contributed by atoms with Crippen molar-refractivity contribution in [1.82, 2.24) is 9.97 Å². The summed E-state index contributed by atoms with van der Waals surface area (Å²) < 4.78 is 5.09. The number of ether oxygens (including phenoxy) is 1. The second-order valence-electron chi connectivity index (χ2n) is 4.89. The summed E-state index contributed by atoms with van der Waals surface area (Å²) in [7, 11) is 1.56. The Morgan fingerprint density at radius 3 is 2.38 bits per heavy atom. The van der Waals surface area contributed by atoms with Crippen molar-refractivity contribution in [2.24, 2.45) is 0 Å². The van der Waals surface area contributed by atoms with Gasteiger partial charge in [0, 0.05) is 18.8 Å². The van der Waals surface area contributed by atoms with Crippen LogP contribution in [0.1, 0.15) is 13.8 Å². The molecule has 9 nitrogen and oxygen atoms in total. The molecule has 0 atom stereocenters. The van der Waals surface area contributed by atoms with Gasteiger partial charge in [-0.15, -0.1) is 0 Å². The monoisotopic (exact) mass is 332 g/mol. The van der Waals surface area contributed by atoms with Gasteiger partial charge in [-0.1, -0.05) is 0 Å². The van der Waals surface area contributed by atoms with E-state index in [2.05, 4.69) is 15.3 Å².